The Bertz CT molecular complexity index is 721. The summed E-state index contributed by atoms with van der Waals surface area (Å²) >= 11 is 0. The van der Waals surface area contributed by atoms with Crippen molar-refractivity contribution in [2.45, 2.75) is 6.92 Å². The number of aromatic nitrogens is 2. The topological polar surface area (TPSA) is 38.9 Å². The third-order valence-electron chi connectivity index (χ3n) is 2.79. The van der Waals surface area contributed by atoms with Crippen molar-refractivity contribution >= 4 is 0 Å². The molecule has 0 amide bonds. The minimum absolute atomic E-state index is 0.189. The fourth-order valence-electron chi connectivity index (χ4n) is 1.86. The van der Waals surface area contributed by atoms with Gasteiger partial charge in [-0.25, -0.2) is 4.39 Å². The van der Waals surface area contributed by atoms with Crippen molar-refractivity contribution in [3.05, 3.63) is 59.9 Å². The second kappa shape index (κ2) is 4.65. The Balaban J connectivity index is 2.03. The highest BCUT2D eigenvalue weighted by Crippen LogP contribution is 2.25. The molecule has 0 aliphatic carbocycles. The molecule has 94 valence electrons. The molecule has 0 saturated heterocycles. The van der Waals surface area contributed by atoms with Gasteiger partial charge in [0.05, 0.1) is 5.56 Å². The van der Waals surface area contributed by atoms with Crippen LogP contribution in [-0.4, -0.2) is 10.2 Å². The van der Waals surface area contributed by atoms with Crippen molar-refractivity contribution < 1.29 is 8.81 Å². The van der Waals surface area contributed by atoms with E-state index < -0.39 is 0 Å². The first-order valence-corrected chi connectivity index (χ1v) is 5.89. The monoisotopic (exact) mass is 254 g/mol. The lowest BCUT2D eigenvalue weighted by Gasteiger charge is -1.97. The maximum Gasteiger partial charge on any atom is 0.251 e. The summed E-state index contributed by atoms with van der Waals surface area (Å²) in [5.74, 6) is 0.207. The van der Waals surface area contributed by atoms with Crippen LogP contribution < -0.4 is 0 Å². The molecular weight excluding hydrogens is 243 g/mol. The van der Waals surface area contributed by atoms with Gasteiger partial charge in [0, 0.05) is 5.56 Å². The van der Waals surface area contributed by atoms with Gasteiger partial charge in [0.15, 0.2) is 0 Å². The van der Waals surface area contributed by atoms with E-state index >= 15 is 0 Å². The highest BCUT2D eigenvalue weighted by Gasteiger charge is 2.13. The van der Waals surface area contributed by atoms with Crippen molar-refractivity contribution in [2.75, 3.05) is 0 Å². The molecule has 0 bridgehead atoms. The summed E-state index contributed by atoms with van der Waals surface area (Å²) < 4.78 is 19.2. The van der Waals surface area contributed by atoms with Crippen molar-refractivity contribution in [2.24, 2.45) is 0 Å². The zero-order chi connectivity index (χ0) is 13.2. The highest BCUT2D eigenvalue weighted by molar-refractivity contribution is 5.58. The third-order valence-corrected chi connectivity index (χ3v) is 2.79. The van der Waals surface area contributed by atoms with E-state index in [0.29, 0.717) is 11.5 Å². The molecule has 0 spiro atoms. The predicted molar refractivity (Wildman–Crippen MR) is 69.9 cm³/mol. The summed E-state index contributed by atoms with van der Waals surface area (Å²) in [6.45, 7) is 1.98. The first-order valence-electron chi connectivity index (χ1n) is 5.89. The molecule has 3 rings (SSSR count). The number of halogens is 1. The van der Waals surface area contributed by atoms with Gasteiger partial charge in [0.2, 0.25) is 5.89 Å². The van der Waals surface area contributed by atoms with E-state index in [2.05, 4.69) is 10.2 Å². The number of benzene rings is 2. The lowest BCUT2D eigenvalue weighted by atomic mass is 10.1. The molecule has 3 aromatic rings. The van der Waals surface area contributed by atoms with Gasteiger partial charge in [-0.15, -0.1) is 10.2 Å². The molecule has 0 atom stereocenters. The maximum atomic E-state index is 13.6. The minimum atomic E-state index is -0.373. The molecule has 19 heavy (non-hydrogen) atoms. The Kier molecular flexibility index (Phi) is 2.83. The molecule has 0 radical (unpaired) electrons. The van der Waals surface area contributed by atoms with Gasteiger partial charge in [-0.2, -0.15) is 0 Å². The van der Waals surface area contributed by atoms with Crippen molar-refractivity contribution in [1.29, 1.82) is 0 Å². The van der Waals surface area contributed by atoms with Crippen molar-refractivity contribution in [3.63, 3.8) is 0 Å². The summed E-state index contributed by atoms with van der Waals surface area (Å²) in [6, 6.07) is 14.1. The standard InChI is InChI=1S/C15H11FN2O/c1-10-5-4-6-11(9-10)14-17-18-15(19-14)12-7-2-3-8-13(12)16/h2-9H,1H3. The Labute approximate surface area is 109 Å². The van der Waals surface area contributed by atoms with Gasteiger partial charge in [0.1, 0.15) is 5.82 Å². The Morgan fingerprint density at radius 3 is 2.53 bits per heavy atom. The van der Waals surface area contributed by atoms with E-state index in [4.69, 9.17) is 4.42 Å². The van der Waals surface area contributed by atoms with E-state index in [1.807, 2.05) is 31.2 Å². The zero-order valence-electron chi connectivity index (χ0n) is 10.3. The van der Waals surface area contributed by atoms with Crippen LogP contribution >= 0.6 is 0 Å². The molecular formula is C15H11FN2O. The molecule has 4 heteroatoms. The molecule has 0 aliphatic heterocycles. The molecule has 1 heterocycles. The first kappa shape index (κ1) is 11.6. The van der Waals surface area contributed by atoms with Crippen LogP contribution in [0.25, 0.3) is 22.9 Å². The number of rotatable bonds is 2. The molecule has 3 nitrogen and oxygen atoms in total. The van der Waals surface area contributed by atoms with E-state index in [1.54, 1.807) is 18.2 Å². The van der Waals surface area contributed by atoms with E-state index in [9.17, 15) is 4.39 Å². The Hall–Kier alpha value is -2.49. The zero-order valence-corrected chi connectivity index (χ0v) is 10.3. The van der Waals surface area contributed by atoms with Crippen molar-refractivity contribution in [3.8, 4) is 22.9 Å². The molecule has 0 N–H and O–H groups in total. The maximum absolute atomic E-state index is 13.6. The molecule has 0 saturated carbocycles. The molecule has 2 aromatic carbocycles. The van der Waals surface area contributed by atoms with Gasteiger partial charge >= 0.3 is 0 Å². The largest absolute Gasteiger partial charge is 0.416 e. The minimum Gasteiger partial charge on any atom is -0.416 e. The van der Waals surface area contributed by atoms with E-state index in [0.717, 1.165) is 11.1 Å². The number of hydrogen-bond donors (Lipinski definition) is 0. The molecule has 0 fully saturated rings. The van der Waals surface area contributed by atoms with Crippen LogP contribution in [0.1, 0.15) is 5.56 Å². The normalized spacial score (nSPS) is 10.6. The lowest BCUT2D eigenvalue weighted by molar-refractivity contribution is 0.570. The van der Waals surface area contributed by atoms with Crippen LogP contribution in [0.2, 0.25) is 0 Å². The smallest absolute Gasteiger partial charge is 0.251 e. The average Bonchev–Trinajstić information content (AvgIpc) is 2.89. The van der Waals surface area contributed by atoms with Crippen LogP contribution in [-0.2, 0) is 0 Å². The summed E-state index contributed by atoms with van der Waals surface area (Å²) in [5, 5.41) is 7.86. The van der Waals surface area contributed by atoms with Crippen LogP contribution in [0.5, 0.6) is 0 Å². The highest BCUT2D eigenvalue weighted by atomic mass is 19.1. The van der Waals surface area contributed by atoms with Gasteiger partial charge in [0.25, 0.3) is 5.89 Å². The average molecular weight is 254 g/mol. The molecule has 0 aliphatic rings. The van der Waals surface area contributed by atoms with E-state index in [-0.39, 0.29) is 11.7 Å². The SMILES string of the molecule is Cc1cccc(-c2nnc(-c3ccccc3F)o2)c1. The Morgan fingerprint density at radius 1 is 0.947 bits per heavy atom. The molecule has 1 aromatic heterocycles. The van der Waals surface area contributed by atoms with Gasteiger partial charge in [-0.3, -0.25) is 0 Å². The second-order valence-electron chi connectivity index (χ2n) is 4.26. The summed E-state index contributed by atoms with van der Waals surface area (Å²) in [4.78, 5) is 0. The lowest BCUT2D eigenvalue weighted by Crippen LogP contribution is -1.82. The fraction of sp³-hybridized carbons (Fsp3) is 0.0667. The van der Waals surface area contributed by atoms with Gasteiger partial charge < -0.3 is 4.42 Å². The van der Waals surface area contributed by atoms with Gasteiger partial charge in [-0.1, -0.05) is 29.8 Å². The number of hydrogen-bond acceptors (Lipinski definition) is 3. The van der Waals surface area contributed by atoms with Crippen LogP contribution in [0.3, 0.4) is 0 Å². The fourth-order valence-corrected chi connectivity index (χ4v) is 1.86. The van der Waals surface area contributed by atoms with E-state index in [1.165, 1.54) is 6.07 Å². The third kappa shape index (κ3) is 2.25. The van der Waals surface area contributed by atoms with Crippen molar-refractivity contribution in [1.82, 2.24) is 10.2 Å². The summed E-state index contributed by atoms with van der Waals surface area (Å²) in [6.07, 6.45) is 0. The number of nitrogens with zero attached hydrogens (tertiary/aromatic N) is 2. The van der Waals surface area contributed by atoms with Gasteiger partial charge in [-0.05, 0) is 31.2 Å². The second-order valence-corrected chi connectivity index (χ2v) is 4.26. The van der Waals surface area contributed by atoms with Crippen LogP contribution in [0.4, 0.5) is 4.39 Å². The quantitative estimate of drug-likeness (QED) is 0.697. The number of aryl methyl sites for hydroxylation is 1. The predicted octanol–water partition coefficient (Wildman–Crippen LogP) is 3.85. The summed E-state index contributed by atoms with van der Waals surface area (Å²) in [5.41, 5.74) is 2.24. The van der Waals surface area contributed by atoms with Crippen LogP contribution in [0, 0.1) is 12.7 Å². The summed E-state index contributed by atoms with van der Waals surface area (Å²) in [7, 11) is 0. The van der Waals surface area contributed by atoms with Crippen LogP contribution in [0.15, 0.2) is 52.9 Å². The Morgan fingerprint density at radius 2 is 1.74 bits per heavy atom. The first-order chi connectivity index (χ1) is 9.24. The molecule has 0 unspecified atom stereocenters.